The van der Waals surface area contributed by atoms with Crippen molar-refractivity contribution in [1.29, 1.82) is 0 Å². The van der Waals surface area contributed by atoms with Crippen molar-refractivity contribution in [1.82, 2.24) is 10.2 Å². The number of hydrogen-bond acceptors (Lipinski definition) is 5. The molecule has 0 saturated carbocycles. The Bertz CT molecular complexity index is 714. The molecule has 0 aliphatic carbocycles. The fraction of sp³-hybridized carbons (Fsp3) is 0.474. The molecule has 1 N–H and O–H groups in total. The Kier molecular flexibility index (Phi) is 5.45. The average Bonchev–Trinajstić information content (AvgIpc) is 2.91. The highest BCUT2D eigenvalue weighted by Crippen LogP contribution is 2.40. The predicted octanol–water partition coefficient (Wildman–Crippen LogP) is 5.73. The summed E-state index contributed by atoms with van der Waals surface area (Å²) in [5.41, 5.74) is 2.77. The van der Waals surface area contributed by atoms with Crippen molar-refractivity contribution < 1.29 is 5.11 Å². The van der Waals surface area contributed by atoms with Crippen LogP contribution in [0, 0.1) is 0 Å². The number of phenols is 1. The molecule has 0 spiro atoms. The highest BCUT2D eigenvalue weighted by molar-refractivity contribution is 8.00. The lowest BCUT2D eigenvalue weighted by atomic mass is 9.78. The number of hydrogen-bond donors (Lipinski definition) is 1. The SMILES string of the molecule is CSc1nnc(/C=C/c2cc(C(C)(C)C)c(O)c(C(C)(C)C)c2)s1. The van der Waals surface area contributed by atoms with Gasteiger partial charge in [0, 0.05) is 11.1 Å². The van der Waals surface area contributed by atoms with Gasteiger partial charge < -0.3 is 5.11 Å². The van der Waals surface area contributed by atoms with Gasteiger partial charge >= 0.3 is 0 Å². The van der Waals surface area contributed by atoms with Crippen LogP contribution in [0.4, 0.5) is 0 Å². The van der Waals surface area contributed by atoms with E-state index in [1.807, 2.05) is 12.3 Å². The van der Waals surface area contributed by atoms with Crippen LogP contribution in [0.1, 0.15) is 63.2 Å². The minimum Gasteiger partial charge on any atom is -0.507 e. The van der Waals surface area contributed by atoms with Gasteiger partial charge in [0.15, 0.2) is 4.34 Å². The molecule has 1 aromatic heterocycles. The lowest BCUT2D eigenvalue weighted by Gasteiger charge is -2.27. The van der Waals surface area contributed by atoms with E-state index in [4.69, 9.17) is 0 Å². The second kappa shape index (κ2) is 6.89. The lowest BCUT2D eigenvalue weighted by Crippen LogP contribution is -2.17. The number of aromatic nitrogens is 2. The van der Waals surface area contributed by atoms with Crippen LogP contribution in [-0.4, -0.2) is 21.6 Å². The molecule has 0 amide bonds. The third-order valence-corrected chi connectivity index (χ3v) is 5.63. The van der Waals surface area contributed by atoms with Gasteiger partial charge in [0.2, 0.25) is 0 Å². The van der Waals surface area contributed by atoms with Crippen LogP contribution >= 0.6 is 23.1 Å². The van der Waals surface area contributed by atoms with Gasteiger partial charge in [0.25, 0.3) is 0 Å². The molecular formula is C19H26N2OS2. The molecule has 0 aliphatic heterocycles. The van der Waals surface area contributed by atoms with Gasteiger partial charge in [-0.15, -0.1) is 10.2 Å². The summed E-state index contributed by atoms with van der Waals surface area (Å²) in [7, 11) is 0. The standard InChI is InChI=1S/C19H26N2OS2/c1-18(2,3)13-10-12(11-14(16(13)22)19(4,5)6)8-9-15-20-21-17(23-7)24-15/h8-11,22H,1-7H3/b9-8+. The first kappa shape index (κ1) is 19.0. The van der Waals surface area contributed by atoms with Crippen LogP contribution in [0.5, 0.6) is 5.75 Å². The average molecular weight is 363 g/mol. The predicted molar refractivity (Wildman–Crippen MR) is 106 cm³/mol. The molecule has 3 nitrogen and oxygen atoms in total. The minimum absolute atomic E-state index is 0.122. The van der Waals surface area contributed by atoms with Crippen LogP contribution in [0.3, 0.4) is 0 Å². The molecule has 0 atom stereocenters. The Morgan fingerprint density at radius 3 is 1.92 bits per heavy atom. The molecule has 0 bridgehead atoms. The first-order valence-electron chi connectivity index (χ1n) is 7.96. The van der Waals surface area contributed by atoms with Crippen molar-refractivity contribution in [2.24, 2.45) is 0 Å². The number of thioether (sulfide) groups is 1. The third kappa shape index (κ3) is 4.39. The van der Waals surface area contributed by atoms with Crippen molar-refractivity contribution in [3.8, 4) is 5.75 Å². The molecule has 1 heterocycles. The normalized spacial score (nSPS) is 13.0. The van der Waals surface area contributed by atoms with E-state index in [1.165, 1.54) is 0 Å². The number of aromatic hydroxyl groups is 1. The van der Waals surface area contributed by atoms with E-state index in [-0.39, 0.29) is 10.8 Å². The fourth-order valence-corrected chi connectivity index (χ4v) is 3.62. The summed E-state index contributed by atoms with van der Waals surface area (Å²) in [4.78, 5) is 0. The monoisotopic (exact) mass is 362 g/mol. The van der Waals surface area contributed by atoms with Gasteiger partial charge in [0.1, 0.15) is 10.8 Å². The molecule has 0 unspecified atom stereocenters. The molecule has 2 aromatic rings. The Balaban J connectivity index is 2.50. The Labute approximate surface area is 153 Å². The van der Waals surface area contributed by atoms with Crippen molar-refractivity contribution in [2.75, 3.05) is 6.26 Å². The summed E-state index contributed by atoms with van der Waals surface area (Å²) in [5.74, 6) is 0.410. The Morgan fingerprint density at radius 1 is 0.958 bits per heavy atom. The largest absolute Gasteiger partial charge is 0.507 e. The van der Waals surface area contributed by atoms with Gasteiger partial charge in [-0.05, 0) is 40.9 Å². The maximum Gasteiger partial charge on any atom is 0.174 e. The van der Waals surface area contributed by atoms with E-state index in [1.54, 1.807) is 23.1 Å². The topological polar surface area (TPSA) is 46.0 Å². The summed E-state index contributed by atoms with van der Waals surface area (Å²) >= 11 is 3.18. The molecule has 2 rings (SSSR count). The summed E-state index contributed by atoms with van der Waals surface area (Å²) in [6, 6.07) is 4.13. The van der Waals surface area contributed by atoms with Gasteiger partial charge in [-0.1, -0.05) is 70.7 Å². The molecular weight excluding hydrogens is 336 g/mol. The molecule has 0 fully saturated rings. The number of benzene rings is 1. The van der Waals surface area contributed by atoms with Gasteiger partial charge in [-0.2, -0.15) is 0 Å². The third-order valence-electron chi connectivity index (χ3n) is 3.76. The van der Waals surface area contributed by atoms with Gasteiger partial charge in [-0.25, -0.2) is 0 Å². The van der Waals surface area contributed by atoms with E-state index >= 15 is 0 Å². The molecule has 24 heavy (non-hydrogen) atoms. The second-order valence-corrected chi connectivity index (χ2v) is 9.97. The van der Waals surface area contributed by atoms with Crippen LogP contribution in [0.2, 0.25) is 0 Å². The van der Waals surface area contributed by atoms with Gasteiger partial charge in [0.05, 0.1) is 0 Å². The molecule has 0 radical (unpaired) electrons. The summed E-state index contributed by atoms with van der Waals surface area (Å²) in [6.45, 7) is 12.7. The first-order chi connectivity index (χ1) is 11.0. The number of rotatable bonds is 3. The van der Waals surface area contributed by atoms with E-state index in [2.05, 4.69) is 69.9 Å². The Morgan fingerprint density at radius 2 is 1.50 bits per heavy atom. The summed E-state index contributed by atoms with van der Waals surface area (Å²) < 4.78 is 0.964. The highest BCUT2D eigenvalue weighted by Gasteiger charge is 2.26. The number of phenolic OH excluding ortho intramolecular Hbond substituents is 1. The lowest BCUT2D eigenvalue weighted by molar-refractivity contribution is 0.423. The zero-order chi connectivity index (χ0) is 18.1. The molecule has 0 saturated heterocycles. The van der Waals surface area contributed by atoms with Crippen molar-refractivity contribution in [3.05, 3.63) is 33.8 Å². The second-order valence-electron chi connectivity index (χ2n) is 7.91. The quantitative estimate of drug-likeness (QED) is 0.708. The van der Waals surface area contributed by atoms with Crippen molar-refractivity contribution >= 4 is 35.3 Å². The molecule has 1 aromatic carbocycles. The van der Waals surface area contributed by atoms with Crippen LogP contribution in [0.15, 0.2) is 16.5 Å². The zero-order valence-corrected chi connectivity index (χ0v) is 17.1. The van der Waals surface area contributed by atoms with E-state index < -0.39 is 0 Å². The highest BCUT2D eigenvalue weighted by atomic mass is 32.2. The van der Waals surface area contributed by atoms with E-state index in [0.29, 0.717) is 5.75 Å². The van der Waals surface area contributed by atoms with Crippen LogP contribution in [0.25, 0.3) is 12.2 Å². The molecule has 130 valence electrons. The van der Waals surface area contributed by atoms with Crippen molar-refractivity contribution in [2.45, 2.75) is 56.7 Å². The maximum absolute atomic E-state index is 10.8. The smallest absolute Gasteiger partial charge is 0.174 e. The minimum atomic E-state index is -0.122. The van der Waals surface area contributed by atoms with E-state index in [0.717, 1.165) is 26.0 Å². The van der Waals surface area contributed by atoms with E-state index in [9.17, 15) is 5.11 Å². The molecule has 5 heteroatoms. The fourth-order valence-electron chi connectivity index (χ4n) is 2.43. The first-order valence-corrected chi connectivity index (χ1v) is 10.00. The molecule has 0 aliphatic rings. The summed E-state index contributed by atoms with van der Waals surface area (Å²) in [6.07, 6.45) is 6.04. The zero-order valence-electron chi connectivity index (χ0n) is 15.5. The summed E-state index contributed by atoms with van der Waals surface area (Å²) in [5, 5.41) is 19.9. The van der Waals surface area contributed by atoms with Crippen LogP contribution < -0.4 is 0 Å². The van der Waals surface area contributed by atoms with Crippen LogP contribution in [-0.2, 0) is 10.8 Å². The Hall–Kier alpha value is -1.33. The number of nitrogens with zero attached hydrogens (tertiary/aromatic N) is 2. The van der Waals surface area contributed by atoms with Crippen molar-refractivity contribution in [3.63, 3.8) is 0 Å². The maximum atomic E-state index is 10.8. The van der Waals surface area contributed by atoms with Gasteiger partial charge in [-0.3, -0.25) is 0 Å².